The molecular weight excluding hydrogens is 445 g/mol. The number of anilines is 1. The number of hydrogen-bond donors (Lipinski definition) is 3. The van der Waals surface area contributed by atoms with Crippen LogP contribution in [0.4, 0.5) is 10.1 Å². The molecule has 0 radical (unpaired) electrons. The largest absolute Gasteiger partial charge is 0.332 e. The van der Waals surface area contributed by atoms with E-state index in [9.17, 15) is 18.8 Å². The fraction of sp³-hybridized carbons (Fsp3) is 0.278. The lowest BCUT2D eigenvalue weighted by atomic mass is 10.3. The summed E-state index contributed by atoms with van der Waals surface area (Å²) in [6.45, 7) is 2.29. The average molecular weight is 466 g/mol. The summed E-state index contributed by atoms with van der Waals surface area (Å²) in [5, 5.41) is 3.38. The summed E-state index contributed by atoms with van der Waals surface area (Å²) in [4.78, 5) is 41.2. The zero-order valence-electron chi connectivity index (χ0n) is 16.9. The Morgan fingerprint density at radius 3 is 2.48 bits per heavy atom. The van der Waals surface area contributed by atoms with E-state index in [0.29, 0.717) is 22.9 Å². The molecule has 3 rings (SSSR count). The molecule has 13 heteroatoms. The van der Waals surface area contributed by atoms with Crippen LogP contribution in [0.25, 0.3) is 11.2 Å². The third-order valence-electron chi connectivity index (χ3n) is 4.38. The maximum absolute atomic E-state index is 12.9. The Hall–Kier alpha value is -3.19. The van der Waals surface area contributed by atoms with E-state index in [-0.39, 0.29) is 28.2 Å². The molecule has 2 aromatic heterocycles. The van der Waals surface area contributed by atoms with Crippen LogP contribution in [0.1, 0.15) is 6.92 Å². The second-order valence-corrected chi connectivity index (χ2v) is 7.79. The van der Waals surface area contributed by atoms with Crippen LogP contribution >= 0.6 is 24.0 Å². The molecule has 1 aromatic carbocycles. The highest BCUT2D eigenvalue weighted by molar-refractivity contribution is 7.99. The maximum Gasteiger partial charge on any atom is 0.332 e. The van der Waals surface area contributed by atoms with Gasteiger partial charge in [-0.25, -0.2) is 14.2 Å². The normalized spacial score (nSPS) is 10.8. The van der Waals surface area contributed by atoms with Gasteiger partial charge in [0.05, 0.1) is 5.75 Å². The first-order valence-electron chi connectivity index (χ1n) is 9.13. The number of hydrogen-bond acceptors (Lipinski definition) is 6. The van der Waals surface area contributed by atoms with Crippen LogP contribution in [0, 0.1) is 5.82 Å². The lowest BCUT2D eigenvalue weighted by molar-refractivity contribution is -0.119. The Balaban J connectivity index is 1.65. The van der Waals surface area contributed by atoms with Gasteiger partial charge in [-0.2, -0.15) is 0 Å². The first kappa shape index (κ1) is 22.5. The Morgan fingerprint density at radius 2 is 1.84 bits per heavy atom. The average Bonchev–Trinajstić information content (AvgIpc) is 3.13. The number of carbonyl (C=O) groups excluding carboxylic acids is 1. The SMILES string of the molecule is CCn1c(SCC(=O)NNC(=S)Nc2ccc(F)cc2)nc2c1c(=O)n(C)c(=O)n2C. The highest BCUT2D eigenvalue weighted by Crippen LogP contribution is 2.21. The van der Waals surface area contributed by atoms with Crippen molar-refractivity contribution in [2.75, 3.05) is 11.1 Å². The van der Waals surface area contributed by atoms with Crippen molar-refractivity contribution in [1.82, 2.24) is 29.5 Å². The molecule has 0 aliphatic rings. The number of imidazole rings is 1. The summed E-state index contributed by atoms with van der Waals surface area (Å²) in [7, 11) is 2.95. The van der Waals surface area contributed by atoms with Gasteiger partial charge in [0.1, 0.15) is 5.82 Å². The molecule has 0 spiro atoms. The summed E-state index contributed by atoms with van der Waals surface area (Å²) in [6.07, 6.45) is 0. The van der Waals surface area contributed by atoms with Crippen molar-refractivity contribution in [3.05, 3.63) is 50.9 Å². The minimum atomic E-state index is -0.473. The number of thioether (sulfide) groups is 1. The van der Waals surface area contributed by atoms with Gasteiger partial charge in [0.25, 0.3) is 5.56 Å². The monoisotopic (exact) mass is 465 g/mol. The van der Waals surface area contributed by atoms with E-state index in [2.05, 4.69) is 21.2 Å². The van der Waals surface area contributed by atoms with Crippen LogP contribution < -0.4 is 27.4 Å². The number of aryl methyl sites for hydroxylation is 2. The molecule has 164 valence electrons. The van der Waals surface area contributed by atoms with Crippen LogP contribution in [0.3, 0.4) is 0 Å². The predicted molar refractivity (Wildman–Crippen MR) is 121 cm³/mol. The third-order valence-corrected chi connectivity index (χ3v) is 5.56. The van der Waals surface area contributed by atoms with Crippen molar-refractivity contribution in [1.29, 1.82) is 0 Å². The first-order valence-corrected chi connectivity index (χ1v) is 10.5. The number of nitrogens with zero attached hydrogens (tertiary/aromatic N) is 4. The number of amides is 1. The summed E-state index contributed by atoms with van der Waals surface area (Å²) in [5.41, 5.74) is 5.22. The number of aromatic nitrogens is 4. The van der Waals surface area contributed by atoms with Crippen molar-refractivity contribution in [2.45, 2.75) is 18.6 Å². The van der Waals surface area contributed by atoms with Crippen LogP contribution in [0.2, 0.25) is 0 Å². The van der Waals surface area contributed by atoms with Gasteiger partial charge >= 0.3 is 5.69 Å². The molecule has 3 N–H and O–H groups in total. The first-order chi connectivity index (χ1) is 14.7. The van der Waals surface area contributed by atoms with Gasteiger partial charge in [0.2, 0.25) is 5.91 Å². The van der Waals surface area contributed by atoms with Gasteiger partial charge < -0.3 is 9.88 Å². The van der Waals surface area contributed by atoms with E-state index >= 15 is 0 Å². The van der Waals surface area contributed by atoms with Crippen molar-refractivity contribution in [3.63, 3.8) is 0 Å². The molecule has 0 atom stereocenters. The van der Waals surface area contributed by atoms with E-state index in [1.165, 1.54) is 42.9 Å². The zero-order chi connectivity index (χ0) is 22.7. The molecule has 0 saturated heterocycles. The maximum atomic E-state index is 12.9. The highest BCUT2D eigenvalue weighted by atomic mass is 32.2. The van der Waals surface area contributed by atoms with Gasteiger partial charge in [-0.3, -0.25) is 29.6 Å². The molecule has 2 heterocycles. The standard InChI is InChI=1S/C18H20FN7O3S2/c1-4-26-13-14(24(2)18(29)25(3)15(13)28)21-17(26)31-9-12(27)22-23-16(30)20-11-7-5-10(19)6-8-11/h5-8H,4,9H2,1-3H3,(H,22,27)(H2,20,23,30). The zero-order valence-corrected chi connectivity index (χ0v) is 18.6. The van der Waals surface area contributed by atoms with Gasteiger partial charge in [-0.15, -0.1) is 0 Å². The minimum absolute atomic E-state index is 0.0102. The van der Waals surface area contributed by atoms with Crippen LogP contribution in [0.5, 0.6) is 0 Å². The molecule has 0 aliphatic carbocycles. The van der Waals surface area contributed by atoms with Crippen LogP contribution in [0.15, 0.2) is 39.0 Å². The fourth-order valence-electron chi connectivity index (χ4n) is 2.82. The molecule has 0 bridgehead atoms. The Kier molecular flexibility index (Phi) is 6.75. The lowest BCUT2D eigenvalue weighted by Crippen LogP contribution is -2.44. The topological polar surface area (TPSA) is 115 Å². The summed E-state index contributed by atoms with van der Waals surface area (Å²) >= 11 is 6.20. The second-order valence-electron chi connectivity index (χ2n) is 6.44. The van der Waals surface area contributed by atoms with Gasteiger partial charge in [0.15, 0.2) is 21.4 Å². The Morgan fingerprint density at radius 1 is 1.16 bits per heavy atom. The van der Waals surface area contributed by atoms with Gasteiger partial charge in [-0.05, 0) is 43.4 Å². The molecule has 0 fully saturated rings. The molecule has 0 aliphatic heterocycles. The quantitative estimate of drug-likeness (QED) is 0.287. The molecule has 31 heavy (non-hydrogen) atoms. The number of benzene rings is 1. The fourth-order valence-corrected chi connectivity index (χ4v) is 3.85. The number of thiocarbonyl (C=S) groups is 1. The van der Waals surface area contributed by atoms with E-state index in [1.54, 1.807) is 4.57 Å². The van der Waals surface area contributed by atoms with E-state index in [4.69, 9.17) is 12.2 Å². The minimum Gasteiger partial charge on any atom is -0.331 e. The number of nitrogens with one attached hydrogen (secondary N) is 3. The number of carbonyl (C=O) groups is 1. The Bertz CT molecular complexity index is 1260. The molecular formula is C18H20FN7O3S2. The summed E-state index contributed by atoms with van der Waals surface area (Å²) in [5.74, 6) is -0.764. The van der Waals surface area contributed by atoms with E-state index < -0.39 is 11.2 Å². The lowest BCUT2D eigenvalue weighted by Gasteiger charge is -2.11. The number of hydrazine groups is 1. The van der Waals surface area contributed by atoms with Gasteiger partial charge in [-0.1, -0.05) is 11.8 Å². The van der Waals surface area contributed by atoms with Crippen molar-refractivity contribution >= 4 is 51.9 Å². The number of halogens is 1. The Labute approximate surface area is 185 Å². The molecule has 0 saturated carbocycles. The van der Waals surface area contributed by atoms with Crippen molar-refractivity contribution in [2.24, 2.45) is 14.1 Å². The molecule has 10 nitrogen and oxygen atoms in total. The van der Waals surface area contributed by atoms with Crippen molar-refractivity contribution < 1.29 is 9.18 Å². The molecule has 1 amide bonds. The van der Waals surface area contributed by atoms with Crippen LogP contribution in [-0.2, 0) is 25.4 Å². The number of fused-ring (bicyclic) bond motifs is 1. The highest BCUT2D eigenvalue weighted by Gasteiger charge is 2.19. The smallest absolute Gasteiger partial charge is 0.331 e. The number of rotatable bonds is 5. The van der Waals surface area contributed by atoms with Crippen molar-refractivity contribution in [3.8, 4) is 0 Å². The third kappa shape index (κ3) is 4.77. The van der Waals surface area contributed by atoms with E-state index in [0.717, 1.165) is 16.3 Å². The predicted octanol–water partition coefficient (Wildman–Crippen LogP) is 0.703. The second kappa shape index (κ2) is 9.31. The molecule has 0 unspecified atom stereocenters. The van der Waals surface area contributed by atoms with Crippen LogP contribution in [-0.4, -0.2) is 35.5 Å². The summed E-state index contributed by atoms with van der Waals surface area (Å²) < 4.78 is 16.9. The van der Waals surface area contributed by atoms with Gasteiger partial charge in [0, 0.05) is 26.3 Å². The molecule has 3 aromatic rings. The van der Waals surface area contributed by atoms with E-state index in [1.807, 2.05) is 6.92 Å². The summed E-state index contributed by atoms with van der Waals surface area (Å²) in [6, 6.07) is 5.58.